The van der Waals surface area contributed by atoms with Crippen LogP contribution in [0.1, 0.15) is 10.4 Å². The van der Waals surface area contributed by atoms with Gasteiger partial charge in [-0.2, -0.15) is 0 Å². The Kier molecular flexibility index (Phi) is 5.98. The van der Waals surface area contributed by atoms with Crippen LogP contribution in [0.4, 0.5) is 5.69 Å². The first-order valence-electron chi connectivity index (χ1n) is 4.70. The Bertz CT molecular complexity index is 471. The van der Waals surface area contributed by atoms with Crippen LogP contribution in [-0.2, 0) is 9.84 Å². The van der Waals surface area contributed by atoms with Crippen LogP contribution in [0.3, 0.4) is 0 Å². The molecule has 3 N–H and O–H groups in total. The highest BCUT2D eigenvalue weighted by Gasteiger charge is 2.06. The van der Waals surface area contributed by atoms with E-state index in [9.17, 15) is 13.2 Å². The lowest BCUT2D eigenvalue weighted by atomic mass is 10.2. The summed E-state index contributed by atoms with van der Waals surface area (Å²) in [6, 6.07) is 6.41. The summed E-state index contributed by atoms with van der Waals surface area (Å²) in [5.74, 6) is -0.364. The fourth-order valence-electron chi connectivity index (χ4n) is 1.09. The molecule has 0 heterocycles. The molecule has 0 unspecified atom stereocenters. The van der Waals surface area contributed by atoms with Crippen molar-refractivity contribution in [2.45, 2.75) is 0 Å². The van der Waals surface area contributed by atoms with Gasteiger partial charge in [0.1, 0.15) is 9.84 Å². The normalized spacial score (nSPS) is 10.4. The van der Waals surface area contributed by atoms with Gasteiger partial charge in [-0.25, -0.2) is 8.42 Å². The minimum absolute atomic E-state index is 0. The van der Waals surface area contributed by atoms with Crippen LogP contribution < -0.4 is 11.1 Å². The van der Waals surface area contributed by atoms with Crippen molar-refractivity contribution >= 4 is 33.8 Å². The molecule has 0 radical (unpaired) electrons. The highest BCUT2D eigenvalue weighted by molar-refractivity contribution is 7.90. The zero-order valence-electron chi connectivity index (χ0n) is 9.34. The molecule has 1 rings (SSSR count). The second-order valence-corrected chi connectivity index (χ2v) is 5.77. The second kappa shape index (κ2) is 6.46. The number of rotatable bonds is 4. The van der Waals surface area contributed by atoms with Crippen LogP contribution >= 0.6 is 12.4 Å². The second-order valence-electron chi connectivity index (χ2n) is 3.51. The molecule has 0 atom stereocenters. The summed E-state index contributed by atoms with van der Waals surface area (Å²) in [4.78, 5) is 11.5. The maximum Gasteiger partial charge on any atom is 0.251 e. The van der Waals surface area contributed by atoms with Gasteiger partial charge in [-0.05, 0) is 24.3 Å². The third kappa shape index (κ3) is 6.13. The van der Waals surface area contributed by atoms with Crippen LogP contribution in [0, 0.1) is 0 Å². The first-order chi connectivity index (χ1) is 7.38. The molecule has 17 heavy (non-hydrogen) atoms. The molecule has 0 saturated carbocycles. The molecule has 0 spiro atoms. The van der Waals surface area contributed by atoms with Gasteiger partial charge in [0.25, 0.3) is 5.91 Å². The number of benzene rings is 1. The van der Waals surface area contributed by atoms with Crippen LogP contribution in [0.25, 0.3) is 0 Å². The highest BCUT2D eigenvalue weighted by atomic mass is 35.5. The monoisotopic (exact) mass is 278 g/mol. The van der Waals surface area contributed by atoms with Crippen LogP contribution in [0.5, 0.6) is 0 Å². The number of nitrogens with two attached hydrogens (primary N) is 1. The number of sulfone groups is 1. The zero-order valence-corrected chi connectivity index (χ0v) is 11.0. The number of amides is 1. The van der Waals surface area contributed by atoms with Crippen LogP contribution in [-0.4, -0.2) is 32.9 Å². The van der Waals surface area contributed by atoms with E-state index < -0.39 is 9.84 Å². The van der Waals surface area contributed by atoms with Gasteiger partial charge in [0.15, 0.2) is 0 Å². The fraction of sp³-hybridized carbons (Fsp3) is 0.300. The number of halogens is 1. The van der Waals surface area contributed by atoms with E-state index in [1.54, 1.807) is 24.3 Å². The van der Waals surface area contributed by atoms with E-state index in [0.29, 0.717) is 11.3 Å². The van der Waals surface area contributed by atoms with Gasteiger partial charge in [-0.15, -0.1) is 12.4 Å². The van der Waals surface area contributed by atoms with Crippen molar-refractivity contribution in [1.82, 2.24) is 5.32 Å². The molecular weight excluding hydrogens is 264 g/mol. The number of hydrogen-bond acceptors (Lipinski definition) is 4. The Labute approximate surface area is 107 Å². The average Bonchev–Trinajstić information content (AvgIpc) is 2.16. The minimum Gasteiger partial charge on any atom is -0.399 e. The number of anilines is 1. The number of nitrogen functional groups attached to an aromatic ring is 1. The molecule has 0 aliphatic rings. The summed E-state index contributed by atoms with van der Waals surface area (Å²) in [6.45, 7) is 0.113. The van der Waals surface area contributed by atoms with E-state index >= 15 is 0 Å². The maximum atomic E-state index is 11.5. The fourth-order valence-corrected chi connectivity index (χ4v) is 1.56. The van der Waals surface area contributed by atoms with Gasteiger partial charge in [-0.3, -0.25) is 4.79 Å². The first kappa shape index (κ1) is 15.7. The Morgan fingerprint density at radius 3 is 2.29 bits per heavy atom. The van der Waals surface area contributed by atoms with Crippen molar-refractivity contribution in [3.8, 4) is 0 Å². The summed E-state index contributed by atoms with van der Waals surface area (Å²) in [6.07, 6.45) is 1.13. The van der Waals surface area contributed by atoms with E-state index in [1.165, 1.54) is 0 Å². The van der Waals surface area contributed by atoms with Crippen molar-refractivity contribution in [3.63, 3.8) is 0 Å². The number of carbonyl (C=O) groups excluding carboxylic acids is 1. The van der Waals surface area contributed by atoms with Gasteiger partial charge in [0.2, 0.25) is 0 Å². The average molecular weight is 279 g/mol. The molecule has 0 aromatic heterocycles. The molecule has 0 saturated heterocycles. The summed E-state index contributed by atoms with van der Waals surface area (Å²) in [5.41, 5.74) is 6.51. The molecule has 5 nitrogen and oxygen atoms in total. The molecule has 0 aliphatic carbocycles. The molecule has 1 amide bonds. The third-order valence-corrected chi connectivity index (χ3v) is 2.88. The molecule has 1 aromatic carbocycles. The van der Waals surface area contributed by atoms with E-state index in [0.717, 1.165) is 6.26 Å². The Morgan fingerprint density at radius 2 is 1.82 bits per heavy atom. The van der Waals surface area contributed by atoms with Crippen molar-refractivity contribution in [1.29, 1.82) is 0 Å². The van der Waals surface area contributed by atoms with Crippen molar-refractivity contribution in [2.24, 2.45) is 0 Å². The van der Waals surface area contributed by atoms with E-state index in [4.69, 9.17) is 5.73 Å². The summed E-state index contributed by atoms with van der Waals surface area (Å²) < 4.78 is 21.7. The smallest absolute Gasteiger partial charge is 0.251 e. The first-order valence-corrected chi connectivity index (χ1v) is 6.76. The molecule has 96 valence electrons. The summed E-state index contributed by atoms with van der Waals surface area (Å²) in [7, 11) is -3.04. The minimum atomic E-state index is -3.04. The van der Waals surface area contributed by atoms with Crippen molar-refractivity contribution in [2.75, 3.05) is 24.3 Å². The van der Waals surface area contributed by atoms with Gasteiger partial charge in [-0.1, -0.05) is 0 Å². The van der Waals surface area contributed by atoms with Gasteiger partial charge >= 0.3 is 0 Å². The topological polar surface area (TPSA) is 89.3 Å². The Morgan fingerprint density at radius 1 is 1.29 bits per heavy atom. The summed E-state index contributed by atoms with van der Waals surface area (Å²) >= 11 is 0. The lowest BCUT2D eigenvalue weighted by molar-refractivity contribution is 0.0956. The lowest BCUT2D eigenvalue weighted by Crippen LogP contribution is -2.28. The molecule has 7 heteroatoms. The van der Waals surface area contributed by atoms with Crippen LogP contribution in [0.15, 0.2) is 24.3 Å². The summed E-state index contributed by atoms with van der Waals surface area (Å²) in [5, 5.41) is 2.52. The number of carbonyl (C=O) groups is 1. The van der Waals surface area contributed by atoms with Crippen LogP contribution in [0.2, 0.25) is 0 Å². The Hall–Kier alpha value is -1.27. The highest BCUT2D eigenvalue weighted by Crippen LogP contribution is 2.04. The Balaban J connectivity index is 0.00000256. The SMILES string of the molecule is CS(=O)(=O)CCNC(=O)c1ccc(N)cc1.Cl. The zero-order chi connectivity index (χ0) is 12.2. The van der Waals surface area contributed by atoms with Crippen molar-refractivity contribution < 1.29 is 13.2 Å². The predicted molar refractivity (Wildman–Crippen MR) is 70.1 cm³/mol. The number of nitrogens with one attached hydrogen (secondary N) is 1. The molecule has 0 bridgehead atoms. The van der Waals surface area contributed by atoms with Crippen molar-refractivity contribution in [3.05, 3.63) is 29.8 Å². The maximum absolute atomic E-state index is 11.5. The third-order valence-electron chi connectivity index (χ3n) is 1.93. The van der Waals surface area contributed by atoms with E-state index in [1.807, 2.05) is 0 Å². The quantitative estimate of drug-likeness (QED) is 0.783. The largest absolute Gasteiger partial charge is 0.399 e. The molecule has 0 aliphatic heterocycles. The number of hydrogen-bond donors (Lipinski definition) is 2. The van der Waals surface area contributed by atoms with E-state index in [-0.39, 0.29) is 30.6 Å². The molecular formula is C10H15ClN2O3S. The van der Waals surface area contributed by atoms with E-state index in [2.05, 4.69) is 5.32 Å². The van der Waals surface area contributed by atoms with Gasteiger partial charge in [0, 0.05) is 24.1 Å². The lowest BCUT2D eigenvalue weighted by Gasteiger charge is -2.04. The molecule has 1 aromatic rings. The predicted octanol–water partition coefficient (Wildman–Crippen LogP) is 0.465. The van der Waals surface area contributed by atoms with Gasteiger partial charge < -0.3 is 11.1 Å². The standard InChI is InChI=1S/C10H14N2O3S.ClH/c1-16(14,15)7-6-12-10(13)8-2-4-9(11)5-3-8;/h2-5H,6-7,11H2,1H3,(H,12,13);1H. The van der Waals surface area contributed by atoms with Gasteiger partial charge in [0.05, 0.1) is 5.75 Å². The molecule has 0 fully saturated rings.